The Morgan fingerprint density at radius 3 is 1.93 bits per heavy atom. The number of fused-ring (bicyclic) bond motifs is 2. The van der Waals surface area contributed by atoms with Gasteiger partial charge in [-0.2, -0.15) is 26.3 Å². The summed E-state index contributed by atoms with van der Waals surface area (Å²) >= 11 is 0. The third kappa shape index (κ3) is 19.3. The van der Waals surface area contributed by atoms with Gasteiger partial charge in [-0.05, 0) is 166 Å². The first-order valence-electron chi connectivity index (χ1n) is 34.2. The van der Waals surface area contributed by atoms with Crippen LogP contribution in [0, 0.1) is 5.82 Å². The molecule has 0 N–H and O–H groups in total. The second kappa shape index (κ2) is 33.7. The average Bonchev–Trinajstić information content (AvgIpc) is 1.59. The van der Waals surface area contributed by atoms with Gasteiger partial charge in [0.25, 0.3) is 11.8 Å². The first-order valence-corrected chi connectivity index (χ1v) is 34.2. The maximum atomic E-state index is 14.0. The van der Waals surface area contributed by atoms with E-state index in [0.717, 1.165) is 105 Å². The van der Waals surface area contributed by atoms with E-state index in [9.17, 15) is 54.7 Å². The lowest BCUT2D eigenvalue weighted by Gasteiger charge is -2.44. The third-order valence-electron chi connectivity index (χ3n) is 20.0. The van der Waals surface area contributed by atoms with Gasteiger partial charge in [-0.1, -0.05) is 116 Å². The molecule has 3 saturated heterocycles. The standard InChI is InChI=1S/C39H51N3O4.C38H40F7N3O4/c1-4-40(2)39(45)33-22-20-31(21-23-33)14-8-5-6-11-19-37(43)41(3)28-29-42-26-24-35(25-27-42)46-38(44)30-34-17-12-13-18-36(34)32-15-9-7-10-16-32;1-3-46(2)33(49)22-51-32-20-25-6-4-5-7-31(25)35(32)12-15-47(16-13-35)17-14-36(27-8-10-30(39)11-9-27)23-48(24-52-36)34(50)26-18-28(37(40,41)42)21-29(19-26)38(43,44)45/h7,9-10,12-13,15-18,20-23,35H,4-6,8,11,14,19,24-30H2,1-3H3;4-11,18-19,21,32H,3,12-17,20,22-24H2,1-2H3/t;32-,36-/m.0/s1. The van der Waals surface area contributed by atoms with Gasteiger partial charge in [-0.25, -0.2) is 4.39 Å². The van der Waals surface area contributed by atoms with Crippen LogP contribution in [0.5, 0.6) is 0 Å². The molecule has 14 nitrogen and oxygen atoms in total. The third-order valence-corrected chi connectivity index (χ3v) is 20.0. The van der Waals surface area contributed by atoms with Crippen LogP contribution >= 0.6 is 0 Å². The largest absolute Gasteiger partial charge is 0.462 e. The van der Waals surface area contributed by atoms with E-state index in [0.29, 0.717) is 76.2 Å². The molecule has 0 bridgehead atoms. The molecule has 0 unspecified atom stereocenters. The topological polar surface area (TPSA) is 132 Å². The monoisotopic (exact) mass is 1360 g/mol. The van der Waals surface area contributed by atoms with E-state index in [-0.39, 0.29) is 67.0 Å². The smallest absolute Gasteiger partial charge is 0.416 e. The number of carbonyl (C=O) groups is 5. The van der Waals surface area contributed by atoms with E-state index < -0.39 is 53.1 Å². The molecule has 3 aliphatic heterocycles. The highest BCUT2D eigenvalue weighted by atomic mass is 19.4. The van der Waals surface area contributed by atoms with Crippen LogP contribution < -0.4 is 0 Å². The summed E-state index contributed by atoms with van der Waals surface area (Å²) in [7, 11) is 5.45. The van der Waals surface area contributed by atoms with Gasteiger partial charge < -0.3 is 43.6 Å². The summed E-state index contributed by atoms with van der Waals surface area (Å²) in [4.78, 5) is 74.7. The number of piperidine rings is 2. The van der Waals surface area contributed by atoms with Crippen molar-refractivity contribution in [3.63, 3.8) is 0 Å². The van der Waals surface area contributed by atoms with Crippen molar-refractivity contribution >= 4 is 29.6 Å². The fourth-order valence-electron chi connectivity index (χ4n) is 13.7. The molecule has 3 fully saturated rings. The molecule has 10 rings (SSSR count). The summed E-state index contributed by atoms with van der Waals surface area (Å²) in [6.07, 6.45) is -0.344. The molecule has 2 atom stereocenters. The molecule has 98 heavy (non-hydrogen) atoms. The molecule has 0 saturated carbocycles. The Bertz CT molecular complexity index is 3600. The number of amides is 4. The lowest BCUT2D eigenvalue weighted by molar-refractivity contribution is -0.150. The van der Waals surface area contributed by atoms with Crippen molar-refractivity contribution in [2.75, 3.05) is 99.9 Å². The van der Waals surface area contributed by atoms with Gasteiger partial charge in [0.05, 0.1) is 30.2 Å². The molecular weight excluding hydrogens is 1270 g/mol. The second-order valence-electron chi connectivity index (χ2n) is 26.4. The molecule has 4 aliphatic rings. The molecule has 526 valence electrons. The minimum atomic E-state index is -5.11. The lowest BCUT2D eigenvalue weighted by atomic mass is 9.72. The van der Waals surface area contributed by atoms with Crippen LogP contribution in [0.1, 0.15) is 138 Å². The molecule has 6 aromatic carbocycles. The number of nitrogens with zero attached hydrogens (tertiary/aromatic N) is 6. The van der Waals surface area contributed by atoms with Gasteiger partial charge >= 0.3 is 18.3 Å². The highest BCUT2D eigenvalue weighted by molar-refractivity contribution is 5.95. The summed E-state index contributed by atoms with van der Waals surface area (Å²) in [5.74, 6) is -1.55. The number of likely N-dealkylation sites (N-methyl/N-ethyl adjacent to an activating group) is 2. The van der Waals surface area contributed by atoms with Crippen molar-refractivity contribution in [3.05, 3.63) is 201 Å². The highest BCUT2D eigenvalue weighted by Gasteiger charge is 2.50. The molecule has 1 spiro atoms. The van der Waals surface area contributed by atoms with Crippen LogP contribution in [0.2, 0.25) is 0 Å². The number of hydrogen-bond donors (Lipinski definition) is 0. The van der Waals surface area contributed by atoms with Crippen molar-refractivity contribution in [2.24, 2.45) is 0 Å². The number of carbonyl (C=O) groups excluding carboxylic acids is 5. The van der Waals surface area contributed by atoms with Gasteiger partial charge in [0.1, 0.15) is 30.9 Å². The Morgan fingerprint density at radius 1 is 0.643 bits per heavy atom. The molecule has 4 amide bonds. The van der Waals surface area contributed by atoms with Gasteiger partial charge in [-0.15, -0.1) is 0 Å². The van der Waals surface area contributed by atoms with Gasteiger partial charge in [0.15, 0.2) is 0 Å². The lowest BCUT2D eigenvalue weighted by Crippen LogP contribution is -2.49. The molecule has 0 aromatic heterocycles. The summed E-state index contributed by atoms with van der Waals surface area (Å²) in [6.45, 7) is 9.68. The normalized spacial score (nSPS) is 18.0. The van der Waals surface area contributed by atoms with E-state index >= 15 is 0 Å². The highest BCUT2D eigenvalue weighted by Crippen LogP contribution is 2.48. The zero-order valence-corrected chi connectivity index (χ0v) is 56.8. The van der Waals surface area contributed by atoms with Crippen molar-refractivity contribution in [1.29, 1.82) is 0 Å². The minimum absolute atomic E-state index is 0.0147. The fraction of sp³-hybridized carbons (Fsp3) is 0.468. The van der Waals surface area contributed by atoms with E-state index in [1.54, 1.807) is 16.8 Å². The SMILES string of the molecule is CCN(C)C(=O)CO[C@H]1Cc2ccccc2C12CCN(CC[C@@]1(c3ccc(F)cc3)CN(C(=O)c3cc(C(F)(F)F)cc(C(F)(F)F)c3)CO1)CC2.CCN(C)C(=O)c1ccc(CCCCCCC(=O)N(C)CCN2CCC(OC(=O)Cc3ccccc3-c3ccccc3)CC2)cc1. The molecule has 1 aliphatic carbocycles. The van der Waals surface area contributed by atoms with Crippen molar-refractivity contribution in [2.45, 2.75) is 133 Å². The summed E-state index contributed by atoms with van der Waals surface area (Å²) in [5, 5.41) is 0. The average molecular weight is 1360 g/mol. The zero-order chi connectivity index (χ0) is 70.2. The quantitative estimate of drug-likeness (QED) is 0.0310. The first-order chi connectivity index (χ1) is 46.9. The number of hydrogen-bond acceptors (Lipinski definition) is 10. The van der Waals surface area contributed by atoms with Crippen molar-refractivity contribution < 1.29 is 68.9 Å². The maximum absolute atomic E-state index is 14.0. The van der Waals surface area contributed by atoms with Crippen LogP contribution in [-0.2, 0) is 71.2 Å². The van der Waals surface area contributed by atoms with Crippen LogP contribution in [-0.4, -0.2) is 171 Å². The number of unbranched alkanes of at least 4 members (excludes halogenated alkanes) is 3. The Morgan fingerprint density at radius 2 is 1.27 bits per heavy atom. The predicted octanol–water partition coefficient (Wildman–Crippen LogP) is 13.7. The number of aryl methyl sites for hydroxylation is 1. The molecule has 3 heterocycles. The maximum Gasteiger partial charge on any atom is 0.416 e. The number of likely N-dealkylation sites (tertiary alicyclic amines) is 2. The Hall–Kier alpha value is -7.98. The molecule has 0 radical (unpaired) electrons. The summed E-state index contributed by atoms with van der Waals surface area (Å²) < 4.78 is 114. The number of ether oxygens (including phenoxy) is 3. The number of rotatable bonds is 25. The van der Waals surface area contributed by atoms with Crippen LogP contribution in [0.25, 0.3) is 11.1 Å². The molecule has 21 heteroatoms. The minimum Gasteiger partial charge on any atom is -0.462 e. The molecular formula is C77H91F7N6O8. The van der Waals surface area contributed by atoms with E-state index in [2.05, 4.69) is 52.3 Å². The van der Waals surface area contributed by atoms with E-state index in [1.165, 1.54) is 41.0 Å². The van der Waals surface area contributed by atoms with Crippen LogP contribution in [0.3, 0.4) is 0 Å². The van der Waals surface area contributed by atoms with E-state index in [4.69, 9.17) is 14.2 Å². The van der Waals surface area contributed by atoms with Crippen LogP contribution in [0.15, 0.2) is 146 Å². The van der Waals surface area contributed by atoms with Gasteiger partial charge in [-0.3, -0.25) is 24.0 Å². The summed E-state index contributed by atoms with van der Waals surface area (Å²) in [5.41, 5.74) is 2.65. The van der Waals surface area contributed by atoms with Crippen molar-refractivity contribution in [3.8, 4) is 11.1 Å². The number of alkyl halides is 6. The van der Waals surface area contributed by atoms with Gasteiger partial charge in [0, 0.05) is 89.9 Å². The Balaban J connectivity index is 0.000000231. The van der Waals surface area contributed by atoms with E-state index in [1.807, 2.05) is 93.5 Å². The van der Waals surface area contributed by atoms with Gasteiger partial charge in [0.2, 0.25) is 11.8 Å². The Kier molecular flexibility index (Phi) is 25.5. The van der Waals surface area contributed by atoms with Crippen LogP contribution in [0.4, 0.5) is 30.7 Å². The van der Waals surface area contributed by atoms with Crippen molar-refractivity contribution in [1.82, 2.24) is 29.4 Å². The summed E-state index contributed by atoms with van der Waals surface area (Å²) in [6, 6.07) is 40.6. The second-order valence-corrected chi connectivity index (χ2v) is 26.4. The first kappa shape index (κ1) is 74.2. The number of esters is 1. The molecule has 6 aromatic rings. The predicted molar refractivity (Wildman–Crippen MR) is 361 cm³/mol. The number of halogens is 7. The Labute approximate surface area is 571 Å². The fourth-order valence-corrected chi connectivity index (χ4v) is 13.7. The zero-order valence-electron chi connectivity index (χ0n) is 56.8. The number of benzene rings is 6.